The van der Waals surface area contributed by atoms with E-state index in [1.54, 1.807) is 0 Å². The molecule has 1 aliphatic rings. The van der Waals surface area contributed by atoms with Crippen LogP contribution >= 0.6 is 147 Å². The first-order valence-corrected chi connectivity index (χ1v) is 19.8. The van der Waals surface area contributed by atoms with Gasteiger partial charge in [0.15, 0.2) is 0 Å². The van der Waals surface area contributed by atoms with Crippen LogP contribution in [0.2, 0.25) is 0 Å². The summed E-state index contributed by atoms with van der Waals surface area (Å²) < 4.78 is 4.94. The molecule has 20 heavy (non-hydrogen) atoms. The maximum atomic E-state index is 6.16. The average molecular weight is 583 g/mol. The van der Waals surface area contributed by atoms with Gasteiger partial charge in [-0.15, -0.1) is 0 Å². The summed E-state index contributed by atoms with van der Waals surface area (Å²) in [6.45, 7) is 0. The second-order valence-corrected chi connectivity index (χ2v) is 32.1. The van der Waals surface area contributed by atoms with Crippen molar-refractivity contribution in [2.45, 2.75) is 0 Å². The van der Waals surface area contributed by atoms with Crippen molar-refractivity contribution < 1.29 is 0 Å². The summed E-state index contributed by atoms with van der Waals surface area (Å²) in [5, 5.41) is 0. The van der Waals surface area contributed by atoms with Gasteiger partial charge in [-0.3, -0.25) is 0 Å². The molecule has 124 valence electrons. The van der Waals surface area contributed by atoms with Crippen molar-refractivity contribution in [3.8, 4) is 0 Å². The van der Waals surface area contributed by atoms with Gasteiger partial charge in [0.25, 0.3) is 0 Å². The summed E-state index contributed by atoms with van der Waals surface area (Å²) in [5.41, 5.74) is 0. The van der Waals surface area contributed by atoms with E-state index in [0.717, 1.165) is 0 Å². The number of rotatable bonds is 0. The third-order valence-corrected chi connectivity index (χ3v) is 29.6. The van der Waals surface area contributed by atoms with Crippen LogP contribution in [0.4, 0.5) is 0 Å². The molecule has 0 fully saturated rings. The van der Waals surface area contributed by atoms with Crippen LogP contribution in [-0.4, -0.2) is 7.92 Å². The first-order chi connectivity index (χ1) is 8.57. The monoisotopic (exact) mass is 579 g/mol. The van der Waals surface area contributed by atoms with E-state index in [-0.39, 0.29) is 17.8 Å². The van der Waals surface area contributed by atoms with Gasteiger partial charge in [-0.25, -0.2) is 0 Å². The Labute approximate surface area is 167 Å². The Hall–Kier alpha value is 4.69. The van der Waals surface area contributed by atoms with Crippen LogP contribution in [0.3, 0.4) is 0 Å². The third-order valence-electron chi connectivity index (χ3n) is 1.51. The zero-order valence-corrected chi connectivity index (χ0v) is 20.7. The van der Waals surface area contributed by atoms with Crippen LogP contribution in [-0.2, 0) is 0 Å². The molecule has 0 saturated heterocycles. The van der Waals surface area contributed by atoms with Gasteiger partial charge in [0, 0.05) is 0 Å². The molecule has 0 saturated carbocycles. The minimum atomic E-state index is -4.88. The fourth-order valence-electron chi connectivity index (χ4n) is 0.770. The second kappa shape index (κ2) is 7.02. The molecule has 0 aromatic carbocycles. The van der Waals surface area contributed by atoms with Crippen LogP contribution in [0.5, 0.6) is 0 Å². The topological polar surface area (TPSA) is 42.9 Å². The zero-order valence-electron chi connectivity index (χ0n) is 8.46. The molecule has 2 atom stereocenters. The molecule has 0 spiro atoms. The Morgan fingerprint density at radius 3 is 2.00 bits per heavy atom. The van der Waals surface area contributed by atoms with Gasteiger partial charge in [0.1, 0.15) is 0 Å². The first-order valence-electron chi connectivity index (χ1n) is 3.89. The van der Waals surface area contributed by atoms with Gasteiger partial charge in [-0.05, 0) is 0 Å². The van der Waals surface area contributed by atoms with Gasteiger partial charge in [-0.1, -0.05) is 0 Å². The summed E-state index contributed by atoms with van der Waals surface area (Å²) >= 11 is 60.9. The summed E-state index contributed by atoms with van der Waals surface area (Å²) in [7, 11) is -0.490. The molecule has 0 radical (unpaired) electrons. The fraction of sp³-hybridized carbons (Fsp3) is 0. The van der Waals surface area contributed by atoms with Gasteiger partial charge in [-0.2, -0.15) is 0 Å². The maximum absolute atomic E-state index is 6.16. The van der Waals surface area contributed by atoms with Gasteiger partial charge in [0.2, 0.25) is 0 Å². The Morgan fingerprint density at radius 1 is 1.00 bits per heavy atom. The van der Waals surface area contributed by atoms with Crippen LogP contribution in [0.15, 0.2) is 4.52 Å². The van der Waals surface area contributed by atoms with Crippen molar-refractivity contribution in [2.24, 2.45) is 4.52 Å². The molecular formula is H4Cl10N5P5. The Balaban J connectivity index is 3.51. The summed E-state index contributed by atoms with van der Waals surface area (Å²) in [6.07, 6.45) is 0. The van der Waals surface area contributed by atoms with E-state index in [0.29, 0.717) is 7.92 Å². The average Bonchev–Trinajstić information content (AvgIpc) is 2.24. The van der Waals surface area contributed by atoms with E-state index in [4.69, 9.17) is 113 Å². The molecule has 0 aromatic heterocycles. The van der Waals surface area contributed by atoms with Crippen LogP contribution in [0, 0.1) is 0 Å². The molecular weight excluding hydrogens is 579 g/mol. The van der Waals surface area contributed by atoms with Crippen molar-refractivity contribution in [2.75, 3.05) is 0 Å². The summed E-state index contributed by atoms with van der Waals surface area (Å²) in [5.74, 6) is -3.38. The minimum absolute atomic E-state index is 0.240. The predicted octanol–water partition coefficient (Wildman–Crippen LogP) is 9.22. The van der Waals surface area contributed by atoms with Crippen molar-refractivity contribution in [3.63, 3.8) is 0 Å². The van der Waals surface area contributed by atoms with Crippen molar-refractivity contribution in [3.05, 3.63) is 0 Å². The van der Waals surface area contributed by atoms with Gasteiger partial charge >= 0.3 is 169 Å². The number of nitrogens with zero attached hydrogens (tertiary/aromatic N) is 3. The second-order valence-electron chi connectivity index (χ2n) is 3.02. The fourth-order valence-corrected chi connectivity index (χ4v) is 29.1. The molecule has 5 nitrogen and oxygen atoms in total. The van der Waals surface area contributed by atoms with E-state index in [9.17, 15) is 0 Å². The third kappa shape index (κ3) is 5.11. The van der Waals surface area contributed by atoms with Crippen LogP contribution in [0.25, 0.3) is 0 Å². The summed E-state index contributed by atoms with van der Waals surface area (Å²) in [4.78, 5) is -4.00. The molecule has 1 rings (SSSR count). The van der Waals surface area contributed by atoms with E-state index in [2.05, 4.69) is 14.2 Å². The van der Waals surface area contributed by atoms with Gasteiger partial charge in [0.05, 0.1) is 0 Å². The molecule has 0 aromatic rings. The quantitative estimate of drug-likeness (QED) is 0.220. The summed E-state index contributed by atoms with van der Waals surface area (Å²) in [6, 6.07) is 0. The molecule has 2 unspecified atom stereocenters. The zero-order chi connectivity index (χ0) is 16.1. The number of halogens is 10. The molecule has 0 aliphatic carbocycles. The number of hydrogen-bond acceptors (Lipinski definition) is 5. The molecule has 0 amide bonds. The molecule has 20 heteroatoms. The van der Waals surface area contributed by atoms with Crippen molar-refractivity contribution in [1.29, 1.82) is 0 Å². The van der Waals surface area contributed by atoms with E-state index < -0.39 is 15.8 Å². The van der Waals surface area contributed by atoms with E-state index in [1.807, 2.05) is 0 Å². The normalized spacial score (nSPS) is 39.7. The Kier molecular flexibility index (Phi) is 7.98. The number of hydrogen-bond donors (Lipinski definition) is 2. The van der Waals surface area contributed by atoms with Gasteiger partial charge < -0.3 is 0 Å². The Bertz CT molecular complexity index is 440. The van der Waals surface area contributed by atoms with E-state index in [1.165, 1.54) is 0 Å². The standard InChI is InChI=1S/Cl10H4N5P5/c1-14-18(3,4)12-16-11-17-13-19(5,6,7)15(2)20(14,8,9)10/h11,13,16-17H. The van der Waals surface area contributed by atoms with Crippen molar-refractivity contribution >= 4 is 147 Å². The van der Waals surface area contributed by atoms with Crippen molar-refractivity contribution in [1.82, 2.24) is 17.6 Å². The molecule has 1 heterocycles. The van der Waals surface area contributed by atoms with Crippen LogP contribution < -0.4 is 9.72 Å². The number of nitrogens with one attached hydrogen (secondary N) is 2. The SMILES string of the molecule is ClN1P(Cl)(Cl)=NPNPNP(Cl)(Cl)(Cl)N(Cl)P1(Cl)(Cl)Cl. The molecule has 2 N–H and O–H groups in total. The van der Waals surface area contributed by atoms with E-state index >= 15 is 0 Å². The predicted molar refractivity (Wildman–Crippen MR) is 108 cm³/mol. The molecule has 0 bridgehead atoms. The molecule has 1 aliphatic heterocycles. The first kappa shape index (κ1) is 22.7. The Morgan fingerprint density at radius 2 is 1.50 bits per heavy atom. The van der Waals surface area contributed by atoms with Crippen LogP contribution in [0.1, 0.15) is 0 Å².